The van der Waals surface area contributed by atoms with Crippen molar-refractivity contribution < 1.29 is 9.90 Å². The van der Waals surface area contributed by atoms with E-state index < -0.39 is 5.97 Å². The van der Waals surface area contributed by atoms with Gasteiger partial charge in [0.1, 0.15) is 0 Å². The van der Waals surface area contributed by atoms with Crippen molar-refractivity contribution in [1.82, 2.24) is 15.0 Å². The highest BCUT2D eigenvalue weighted by Crippen LogP contribution is 2.22. The zero-order chi connectivity index (χ0) is 13.0. The number of carboxylic acids is 1. The first-order chi connectivity index (χ1) is 8.68. The third kappa shape index (κ3) is 2.72. The SMILES string of the molecule is NC(CCC(=O)O)c1ccccc1-n1ccnn1. The molecular weight excluding hydrogens is 232 g/mol. The van der Waals surface area contributed by atoms with Crippen molar-refractivity contribution >= 4 is 5.97 Å². The molecular formula is C12H14N4O2. The maximum absolute atomic E-state index is 10.6. The number of benzene rings is 1. The van der Waals surface area contributed by atoms with Gasteiger partial charge in [-0.3, -0.25) is 4.79 Å². The zero-order valence-electron chi connectivity index (χ0n) is 9.73. The highest BCUT2D eigenvalue weighted by molar-refractivity contribution is 5.66. The first kappa shape index (κ1) is 12.3. The third-order valence-electron chi connectivity index (χ3n) is 2.67. The Morgan fingerprint density at radius 2 is 2.22 bits per heavy atom. The van der Waals surface area contributed by atoms with E-state index >= 15 is 0 Å². The number of carboxylic acid groups (broad SMARTS) is 1. The molecule has 0 aliphatic carbocycles. The smallest absolute Gasteiger partial charge is 0.303 e. The van der Waals surface area contributed by atoms with Gasteiger partial charge in [-0.1, -0.05) is 23.4 Å². The quantitative estimate of drug-likeness (QED) is 0.824. The zero-order valence-corrected chi connectivity index (χ0v) is 9.73. The van der Waals surface area contributed by atoms with Crippen molar-refractivity contribution in [3.05, 3.63) is 42.2 Å². The molecule has 2 aromatic rings. The van der Waals surface area contributed by atoms with Gasteiger partial charge in [-0.05, 0) is 18.1 Å². The van der Waals surface area contributed by atoms with Gasteiger partial charge >= 0.3 is 5.97 Å². The summed E-state index contributed by atoms with van der Waals surface area (Å²) in [6.07, 6.45) is 3.75. The Hall–Kier alpha value is -2.21. The minimum atomic E-state index is -0.844. The highest BCUT2D eigenvalue weighted by Gasteiger charge is 2.13. The van der Waals surface area contributed by atoms with E-state index in [9.17, 15) is 4.79 Å². The first-order valence-corrected chi connectivity index (χ1v) is 5.61. The molecule has 18 heavy (non-hydrogen) atoms. The molecule has 1 aromatic carbocycles. The topological polar surface area (TPSA) is 94.0 Å². The van der Waals surface area contributed by atoms with E-state index in [1.165, 1.54) is 0 Å². The van der Waals surface area contributed by atoms with Crippen LogP contribution < -0.4 is 5.73 Å². The maximum Gasteiger partial charge on any atom is 0.303 e. The number of carbonyl (C=O) groups is 1. The third-order valence-corrected chi connectivity index (χ3v) is 2.67. The molecule has 0 saturated carbocycles. The molecule has 1 unspecified atom stereocenters. The van der Waals surface area contributed by atoms with Crippen molar-refractivity contribution in [1.29, 1.82) is 0 Å². The lowest BCUT2D eigenvalue weighted by Gasteiger charge is -2.15. The molecule has 2 rings (SSSR count). The number of hydrogen-bond donors (Lipinski definition) is 2. The second-order valence-corrected chi connectivity index (χ2v) is 3.95. The van der Waals surface area contributed by atoms with Crippen LogP contribution in [0.25, 0.3) is 5.69 Å². The van der Waals surface area contributed by atoms with E-state index in [0.717, 1.165) is 11.3 Å². The summed E-state index contributed by atoms with van der Waals surface area (Å²) in [6.45, 7) is 0. The average molecular weight is 246 g/mol. The lowest BCUT2D eigenvalue weighted by Crippen LogP contribution is -2.15. The molecule has 0 aliphatic heterocycles. The number of para-hydroxylation sites is 1. The van der Waals surface area contributed by atoms with Gasteiger partial charge in [0.25, 0.3) is 0 Å². The van der Waals surface area contributed by atoms with Gasteiger partial charge in [0.15, 0.2) is 0 Å². The van der Waals surface area contributed by atoms with Crippen LogP contribution in [0.15, 0.2) is 36.7 Å². The van der Waals surface area contributed by atoms with Gasteiger partial charge in [-0.15, -0.1) is 5.10 Å². The van der Waals surface area contributed by atoms with Crippen LogP contribution in [0.3, 0.4) is 0 Å². The molecule has 1 aromatic heterocycles. The second kappa shape index (κ2) is 5.42. The summed E-state index contributed by atoms with van der Waals surface area (Å²) in [5, 5.41) is 16.4. The Bertz CT molecular complexity index is 525. The fraction of sp³-hybridized carbons (Fsp3) is 0.250. The van der Waals surface area contributed by atoms with Crippen LogP contribution in [-0.2, 0) is 4.79 Å². The van der Waals surface area contributed by atoms with E-state index in [-0.39, 0.29) is 12.5 Å². The summed E-state index contributed by atoms with van der Waals surface area (Å²) < 4.78 is 1.62. The number of rotatable bonds is 5. The summed E-state index contributed by atoms with van der Waals surface area (Å²) in [4.78, 5) is 10.6. The molecule has 6 heteroatoms. The molecule has 94 valence electrons. The number of hydrogen-bond acceptors (Lipinski definition) is 4. The molecule has 0 bridgehead atoms. The molecule has 1 atom stereocenters. The lowest BCUT2D eigenvalue weighted by molar-refractivity contribution is -0.137. The van der Waals surface area contributed by atoms with Gasteiger partial charge < -0.3 is 10.8 Å². The monoisotopic (exact) mass is 246 g/mol. The number of aromatic nitrogens is 3. The summed E-state index contributed by atoms with van der Waals surface area (Å²) >= 11 is 0. The first-order valence-electron chi connectivity index (χ1n) is 5.61. The predicted octanol–water partition coefficient (Wildman–Crippen LogP) is 1.13. The van der Waals surface area contributed by atoms with Crippen LogP contribution in [0.4, 0.5) is 0 Å². The Morgan fingerprint density at radius 1 is 1.44 bits per heavy atom. The molecule has 0 spiro atoms. The maximum atomic E-state index is 10.6. The molecule has 0 saturated heterocycles. The molecule has 0 amide bonds. The molecule has 0 radical (unpaired) electrons. The molecule has 6 nitrogen and oxygen atoms in total. The summed E-state index contributed by atoms with van der Waals surface area (Å²) in [7, 11) is 0. The van der Waals surface area contributed by atoms with Crippen LogP contribution in [0.2, 0.25) is 0 Å². The Kier molecular flexibility index (Phi) is 3.69. The van der Waals surface area contributed by atoms with Crippen molar-refractivity contribution in [2.75, 3.05) is 0 Å². The van der Waals surface area contributed by atoms with Crippen LogP contribution in [0.5, 0.6) is 0 Å². The predicted molar refractivity (Wildman–Crippen MR) is 65.2 cm³/mol. The number of nitrogens with zero attached hydrogens (tertiary/aromatic N) is 3. The largest absolute Gasteiger partial charge is 0.481 e. The standard InChI is InChI=1S/C12H14N4O2/c13-10(5-6-12(17)18)9-3-1-2-4-11(9)16-8-7-14-15-16/h1-4,7-8,10H,5-6,13H2,(H,17,18). The van der Waals surface area contributed by atoms with Gasteiger partial charge in [-0.25, -0.2) is 4.68 Å². The minimum absolute atomic E-state index is 0.0485. The molecule has 0 aliphatic rings. The normalized spacial score (nSPS) is 12.3. The van der Waals surface area contributed by atoms with E-state index in [0.29, 0.717) is 6.42 Å². The Labute approximate surface area is 104 Å². The van der Waals surface area contributed by atoms with Crippen molar-refractivity contribution in [2.45, 2.75) is 18.9 Å². The van der Waals surface area contributed by atoms with Gasteiger partial charge in [-0.2, -0.15) is 0 Å². The van der Waals surface area contributed by atoms with Crippen LogP contribution >= 0.6 is 0 Å². The fourth-order valence-electron chi connectivity index (χ4n) is 1.78. The van der Waals surface area contributed by atoms with Crippen molar-refractivity contribution in [3.8, 4) is 5.69 Å². The summed E-state index contributed by atoms with van der Waals surface area (Å²) in [5.41, 5.74) is 7.72. The van der Waals surface area contributed by atoms with Crippen LogP contribution in [-0.4, -0.2) is 26.1 Å². The average Bonchev–Trinajstić information content (AvgIpc) is 2.89. The van der Waals surface area contributed by atoms with Gasteiger partial charge in [0, 0.05) is 12.5 Å². The van der Waals surface area contributed by atoms with E-state index in [2.05, 4.69) is 10.3 Å². The van der Waals surface area contributed by atoms with E-state index in [1.54, 1.807) is 17.1 Å². The summed E-state index contributed by atoms with van der Waals surface area (Å²) in [5.74, 6) is -0.844. The van der Waals surface area contributed by atoms with E-state index in [1.807, 2.05) is 24.3 Å². The van der Waals surface area contributed by atoms with Crippen LogP contribution in [0, 0.1) is 0 Å². The second-order valence-electron chi connectivity index (χ2n) is 3.95. The lowest BCUT2D eigenvalue weighted by atomic mass is 10.0. The number of nitrogens with two attached hydrogens (primary N) is 1. The Balaban J connectivity index is 2.25. The molecule has 0 fully saturated rings. The van der Waals surface area contributed by atoms with Crippen molar-refractivity contribution in [3.63, 3.8) is 0 Å². The van der Waals surface area contributed by atoms with Crippen molar-refractivity contribution in [2.24, 2.45) is 5.73 Å². The Morgan fingerprint density at radius 3 is 2.89 bits per heavy atom. The number of aliphatic carboxylic acids is 1. The van der Waals surface area contributed by atoms with E-state index in [4.69, 9.17) is 10.8 Å². The van der Waals surface area contributed by atoms with Gasteiger partial charge in [0.2, 0.25) is 0 Å². The van der Waals surface area contributed by atoms with Gasteiger partial charge in [0.05, 0.1) is 18.1 Å². The van der Waals surface area contributed by atoms with Crippen LogP contribution in [0.1, 0.15) is 24.4 Å². The fourth-order valence-corrected chi connectivity index (χ4v) is 1.78. The molecule has 3 N–H and O–H groups in total. The molecule has 1 heterocycles. The highest BCUT2D eigenvalue weighted by atomic mass is 16.4. The minimum Gasteiger partial charge on any atom is -0.481 e. The summed E-state index contributed by atoms with van der Waals surface area (Å²) in [6, 6.07) is 7.18.